The van der Waals surface area contributed by atoms with Gasteiger partial charge in [-0.15, -0.1) is 10.2 Å². The third-order valence-electron chi connectivity index (χ3n) is 4.06. The highest BCUT2D eigenvalue weighted by Crippen LogP contribution is 2.21. The second-order valence-corrected chi connectivity index (χ2v) is 6.06. The Morgan fingerprint density at radius 3 is 2.38 bits per heavy atom. The summed E-state index contributed by atoms with van der Waals surface area (Å²) in [6, 6.07) is 17.9. The van der Waals surface area contributed by atoms with Gasteiger partial charge in [-0.2, -0.15) is 5.10 Å². The quantitative estimate of drug-likeness (QED) is 0.544. The molecule has 0 N–H and O–H groups in total. The Labute approximate surface area is 151 Å². The van der Waals surface area contributed by atoms with E-state index in [0.717, 1.165) is 34.0 Å². The van der Waals surface area contributed by atoms with E-state index in [1.807, 2.05) is 35.9 Å². The van der Waals surface area contributed by atoms with Gasteiger partial charge in [-0.1, -0.05) is 12.1 Å². The fraction of sp³-hybridized carbons (Fsp3) is 0.150. The van der Waals surface area contributed by atoms with E-state index in [-0.39, 0.29) is 0 Å². The lowest BCUT2D eigenvalue weighted by Crippen LogP contribution is -2.00. The van der Waals surface area contributed by atoms with Gasteiger partial charge in [-0.25, -0.2) is 4.68 Å². The molecule has 0 radical (unpaired) electrons. The van der Waals surface area contributed by atoms with Crippen LogP contribution in [0.25, 0.3) is 17.1 Å². The fourth-order valence-electron chi connectivity index (χ4n) is 2.78. The molecule has 6 heteroatoms. The first-order valence-corrected chi connectivity index (χ1v) is 8.31. The summed E-state index contributed by atoms with van der Waals surface area (Å²) in [6.07, 6.45) is 1.31. The Bertz CT molecular complexity index is 987. The average molecular weight is 346 g/mol. The van der Waals surface area contributed by atoms with E-state index in [0.29, 0.717) is 12.5 Å². The van der Waals surface area contributed by atoms with E-state index >= 15 is 0 Å². The highest BCUT2D eigenvalue weighted by atomic mass is 16.5. The zero-order valence-electron chi connectivity index (χ0n) is 14.6. The molecule has 0 aliphatic carbocycles. The molecular weight excluding hydrogens is 328 g/mol. The van der Waals surface area contributed by atoms with Gasteiger partial charge in [-0.3, -0.25) is 0 Å². The topological polar surface area (TPSA) is 66.0 Å². The van der Waals surface area contributed by atoms with Gasteiger partial charge >= 0.3 is 0 Å². The molecule has 0 amide bonds. The van der Waals surface area contributed by atoms with Crippen LogP contribution in [0.3, 0.4) is 0 Å². The maximum absolute atomic E-state index is 5.85. The highest BCUT2D eigenvalue weighted by molar-refractivity contribution is 5.53. The van der Waals surface area contributed by atoms with Gasteiger partial charge < -0.3 is 9.15 Å². The maximum Gasteiger partial charge on any atom is 0.247 e. The first kappa shape index (κ1) is 16.1. The largest absolute Gasteiger partial charge is 0.489 e. The van der Waals surface area contributed by atoms with Gasteiger partial charge in [-0.05, 0) is 61.9 Å². The molecule has 130 valence electrons. The van der Waals surface area contributed by atoms with Crippen LogP contribution in [0.4, 0.5) is 0 Å². The first-order valence-electron chi connectivity index (χ1n) is 8.31. The molecule has 0 spiro atoms. The van der Waals surface area contributed by atoms with Crippen LogP contribution in [0.1, 0.15) is 17.0 Å². The summed E-state index contributed by atoms with van der Waals surface area (Å²) in [6.45, 7) is 4.54. The van der Waals surface area contributed by atoms with E-state index in [2.05, 4.69) is 52.6 Å². The lowest BCUT2D eigenvalue weighted by Gasteiger charge is -2.08. The summed E-state index contributed by atoms with van der Waals surface area (Å²) in [5.74, 6) is 1.28. The summed E-state index contributed by atoms with van der Waals surface area (Å²) < 4.78 is 13.0. The zero-order chi connectivity index (χ0) is 17.9. The number of hydrogen-bond donors (Lipinski definition) is 0. The second kappa shape index (κ2) is 6.84. The average Bonchev–Trinajstić information content (AvgIpc) is 3.31. The standard InChI is InChI=1S/C20H18N4O2/c1-14-11-15(2)24(23-14)18-7-3-16(4-8-18)12-25-19-9-5-17(6-10-19)20-22-21-13-26-20/h3-11,13H,12H2,1-2H3. The first-order chi connectivity index (χ1) is 12.7. The molecule has 6 nitrogen and oxygen atoms in total. The molecule has 0 aliphatic rings. The maximum atomic E-state index is 5.85. The van der Waals surface area contributed by atoms with Crippen molar-refractivity contribution < 1.29 is 9.15 Å². The van der Waals surface area contributed by atoms with Crippen LogP contribution in [0, 0.1) is 13.8 Å². The number of nitrogens with zero attached hydrogens (tertiary/aromatic N) is 4. The predicted molar refractivity (Wildman–Crippen MR) is 97.1 cm³/mol. The van der Waals surface area contributed by atoms with Gasteiger partial charge in [0.2, 0.25) is 12.3 Å². The molecule has 0 bridgehead atoms. The summed E-state index contributed by atoms with van der Waals surface area (Å²) >= 11 is 0. The molecule has 4 rings (SSSR count). The van der Waals surface area contributed by atoms with Gasteiger partial charge in [0.25, 0.3) is 0 Å². The van der Waals surface area contributed by atoms with Crippen molar-refractivity contribution in [3.05, 3.63) is 77.9 Å². The number of hydrogen-bond acceptors (Lipinski definition) is 5. The van der Waals surface area contributed by atoms with Crippen molar-refractivity contribution in [3.8, 4) is 22.9 Å². The Hall–Kier alpha value is -3.41. The lowest BCUT2D eigenvalue weighted by atomic mass is 10.2. The van der Waals surface area contributed by atoms with Crippen LogP contribution in [-0.4, -0.2) is 20.0 Å². The molecule has 0 saturated heterocycles. The minimum absolute atomic E-state index is 0.497. The normalized spacial score (nSPS) is 10.8. The number of aromatic nitrogens is 4. The minimum atomic E-state index is 0.497. The molecular formula is C20H18N4O2. The summed E-state index contributed by atoms with van der Waals surface area (Å²) in [7, 11) is 0. The van der Waals surface area contributed by atoms with Gasteiger partial charge in [0.05, 0.1) is 11.4 Å². The Kier molecular flexibility index (Phi) is 4.23. The van der Waals surface area contributed by atoms with Crippen molar-refractivity contribution >= 4 is 0 Å². The van der Waals surface area contributed by atoms with Crippen LogP contribution in [-0.2, 0) is 6.61 Å². The third kappa shape index (κ3) is 3.35. The smallest absolute Gasteiger partial charge is 0.247 e. The van der Waals surface area contributed by atoms with Crippen LogP contribution in [0.15, 0.2) is 65.4 Å². The summed E-state index contributed by atoms with van der Waals surface area (Å²) in [5.41, 5.74) is 5.13. The van der Waals surface area contributed by atoms with Crippen LogP contribution < -0.4 is 4.74 Å². The van der Waals surface area contributed by atoms with Crippen molar-refractivity contribution in [1.29, 1.82) is 0 Å². The van der Waals surface area contributed by atoms with Crippen molar-refractivity contribution in [1.82, 2.24) is 20.0 Å². The molecule has 0 fully saturated rings. The number of aryl methyl sites for hydroxylation is 2. The highest BCUT2D eigenvalue weighted by Gasteiger charge is 2.05. The van der Waals surface area contributed by atoms with Gasteiger partial charge in [0.15, 0.2) is 0 Å². The SMILES string of the molecule is Cc1cc(C)n(-c2ccc(COc3ccc(-c4nnco4)cc3)cc2)n1. The van der Waals surface area contributed by atoms with Crippen molar-refractivity contribution in [3.63, 3.8) is 0 Å². The molecule has 0 atom stereocenters. The molecule has 26 heavy (non-hydrogen) atoms. The monoisotopic (exact) mass is 346 g/mol. The minimum Gasteiger partial charge on any atom is -0.489 e. The predicted octanol–water partition coefficient (Wildman–Crippen LogP) is 4.12. The molecule has 4 aromatic rings. The van der Waals surface area contributed by atoms with E-state index in [4.69, 9.17) is 9.15 Å². The van der Waals surface area contributed by atoms with Crippen molar-refractivity contribution in [2.75, 3.05) is 0 Å². The van der Waals surface area contributed by atoms with Gasteiger partial charge in [0, 0.05) is 11.3 Å². The van der Waals surface area contributed by atoms with Gasteiger partial charge in [0.1, 0.15) is 12.4 Å². The Balaban J connectivity index is 1.41. The van der Waals surface area contributed by atoms with Crippen LogP contribution >= 0.6 is 0 Å². The van der Waals surface area contributed by atoms with Crippen LogP contribution in [0.2, 0.25) is 0 Å². The van der Waals surface area contributed by atoms with E-state index in [9.17, 15) is 0 Å². The molecule has 0 unspecified atom stereocenters. The lowest BCUT2D eigenvalue weighted by molar-refractivity contribution is 0.306. The second-order valence-electron chi connectivity index (χ2n) is 6.06. The third-order valence-corrected chi connectivity index (χ3v) is 4.06. The molecule has 2 aromatic carbocycles. The molecule has 0 saturated carbocycles. The van der Waals surface area contributed by atoms with Crippen molar-refractivity contribution in [2.45, 2.75) is 20.5 Å². The van der Waals surface area contributed by atoms with E-state index in [1.165, 1.54) is 6.39 Å². The number of benzene rings is 2. The number of rotatable bonds is 5. The van der Waals surface area contributed by atoms with Crippen LogP contribution in [0.5, 0.6) is 5.75 Å². The number of ether oxygens (including phenoxy) is 1. The Morgan fingerprint density at radius 2 is 1.77 bits per heavy atom. The molecule has 2 aromatic heterocycles. The van der Waals surface area contributed by atoms with E-state index in [1.54, 1.807) is 0 Å². The fourth-order valence-corrected chi connectivity index (χ4v) is 2.78. The summed E-state index contributed by atoms with van der Waals surface area (Å²) in [4.78, 5) is 0. The molecule has 2 heterocycles. The molecule has 0 aliphatic heterocycles. The summed E-state index contributed by atoms with van der Waals surface area (Å²) in [5, 5.41) is 12.1. The van der Waals surface area contributed by atoms with Crippen molar-refractivity contribution in [2.24, 2.45) is 0 Å². The zero-order valence-corrected chi connectivity index (χ0v) is 14.6. The van der Waals surface area contributed by atoms with E-state index < -0.39 is 0 Å². The Morgan fingerprint density at radius 1 is 1.00 bits per heavy atom.